The first kappa shape index (κ1) is 23.2. The minimum Gasteiger partial charge on any atom is -0.508 e. The van der Waals surface area contributed by atoms with E-state index in [0.29, 0.717) is 36.2 Å². The Bertz CT molecular complexity index is 890. The third-order valence-electron chi connectivity index (χ3n) is 5.79. The molecule has 1 unspecified atom stereocenters. The maximum atomic E-state index is 12.4. The molecule has 0 bridgehead atoms. The predicted octanol–water partition coefficient (Wildman–Crippen LogP) is 4.37. The van der Waals surface area contributed by atoms with Crippen molar-refractivity contribution in [3.63, 3.8) is 0 Å². The molecule has 7 heteroatoms. The minimum absolute atomic E-state index is 0.0440. The highest BCUT2D eigenvalue weighted by Gasteiger charge is 2.21. The number of amides is 1. The van der Waals surface area contributed by atoms with E-state index in [-0.39, 0.29) is 11.7 Å². The van der Waals surface area contributed by atoms with E-state index in [1.807, 2.05) is 24.3 Å². The van der Waals surface area contributed by atoms with Crippen LogP contribution in [0.1, 0.15) is 36.8 Å². The van der Waals surface area contributed by atoms with Crippen LogP contribution in [0.15, 0.2) is 36.4 Å². The molecule has 2 aromatic rings. The molecule has 1 heterocycles. The summed E-state index contributed by atoms with van der Waals surface area (Å²) in [6, 6.07) is 10.7. The molecule has 1 saturated heterocycles. The van der Waals surface area contributed by atoms with Crippen molar-refractivity contribution in [1.29, 1.82) is 0 Å². The predicted molar refractivity (Wildman–Crippen MR) is 122 cm³/mol. The fraction of sp³-hybridized carbons (Fsp3) is 0.458. The maximum Gasteiger partial charge on any atom is 0.220 e. The van der Waals surface area contributed by atoms with Crippen LogP contribution in [0.5, 0.6) is 17.2 Å². The second-order valence-electron chi connectivity index (χ2n) is 8.01. The number of benzene rings is 2. The van der Waals surface area contributed by atoms with Crippen molar-refractivity contribution < 1.29 is 19.4 Å². The Balaban J connectivity index is 1.45. The van der Waals surface area contributed by atoms with Crippen molar-refractivity contribution in [2.45, 2.75) is 38.8 Å². The molecule has 1 aliphatic heterocycles. The van der Waals surface area contributed by atoms with Gasteiger partial charge in [0.05, 0.1) is 14.2 Å². The van der Waals surface area contributed by atoms with Gasteiger partial charge in [0.15, 0.2) is 0 Å². The van der Waals surface area contributed by atoms with Gasteiger partial charge in [-0.05, 0) is 62.1 Å². The summed E-state index contributed by atoms with van der Waals surface area (Å²) in [6.07, 6.45) is 3.57. The highest BCUT2D eigenvalue weighted by Crippen LogP contribution is 2.27. The van der Waals surface area contributed by atoms with Gasteiger partial charge in [0, 0.05) is 48.3 Å². The van der Waals surface area contributed by atoms with Gasteiger partial charge in [-0.3, -0.25) is 9.69 Å². The zero-order chi connectivity index (χ0) is 22.2. The van der Waals surface area contributed by atoms with E-state index in [2.05, 4.69) is 10.2 Å². The number of rotatable bonds is 9. The number of ether oxygens (including phenoxy) is 2. The van der Waals surface area contributed by atoms with Gasteiger partial charge >= 0.3 is 0 Å². The van der Waals surface area contributed by atoms with Crippen molar-refractivity contribution in [3.05, 3.63) is 52.5 Å². The fourth-order valence-corrected chi connectivity index (χ4v) is 4.26. The molecule has 0 radical (unpaired) electrons. The number of carbonyl (C=O) groups excluding carboxylic acids is 1. The number of nitrogens with zero attached hydrogens (tertiary/aromatic N) is 1. The molecule has 6 nitrogen and oxygen atoms in total. The summed E-state index contributed by atoms with van der Waals surface area (Å²) in [7, 11) is 3.22. The molecule has 1 atom stereocenters. The number of nitrogens with one attached hydrogen (secondary N) is 1. The molecular formula is C24H31ClN2O4. The van der Waals surface area contributed by atoms with Gasteiger partial charge in [-0.25, -0.2) is 0 Å². The highest BCUT2D eigenvalue weighted by molar-refractivity contribution is 6.30. The van der Waals surface area contributed by atoms with E-state index in [9.17, 15) is 9.90 Å². The Labute approximate surface area is 189 Å². The molecule has 1 fully saturated rings. The number of likely N-dealkylation sites (tertiary alicyclic amines) is 1. The number of aromatic hydroxyl groups is 1. The Morgan fingerprint density at radius 3 is 2.81 bits per heavy atom. The molecule has 31 heavy (non-hydrogen) atoms. The minimum atomic E-state index is 0.0440. The average molecular weight is 447 g/mol. The number of hydrogen-bond donors (Lipinski definition) is 2. The zero-order valence-corrected chi connectivity index (χ0v) is 19.0. The number of methoxy groups -OCH3 is 2. The first-order valence-corrected chi connectivity index (χ1v) is 11.0. The molecule has 2 aromatic carbocycles. The van der Waals surface area contributed by atoms with Gasteiger partial charge in [-0.2, -0.15) is 0 Å². The van der Waals surface area contributed by atoms with Crippen LogP contribution in [-0.2, 0) is 17.9 Å². The molecular weight excluding hydrogens is 416 g/mol. The van der Waals surface area contributed by atoms with E-state index in [4.69, 9.17) is 21.1 Å². The first-order valence-electron chi connectivity index (χ1n) is 10.7. The smallest absolute Gasteiger partial charge is 0.220 e. The van der Waals surface area contributed by atoms with Gasteiger partial charge in [-0.15, -0.1) is 0 Å². The Morgan fingerprint density at radius 2 is 2.03 bits per heavy atom. The van der Waals surface area contributed by atoms with Gasteiger partial charge in [-0.1, -0.05) is 11.6 Å². The molecule has 1 aliphatic rings. The average Bonchev–Trinajstić information content (AvgIpc) is 2.78. The van der Waals surface area contributed by atoms with Crippen LogP contribution in [0.25, 0.3) is 0 Å². The summed E-state index contributed by atoms with van der Waals surface area (Å²) in [5.74, 6) is 2.21. The highest BCUT2D eigenvalue weighted by atomic mass is 35.5. The molecule has 1 amide bonds. The second kappa shape index (κ2) is 11.3. The quantitative estimate of drug-likeness (QED) is 0.598. The van der Waals surface area contributed by atoms with Crippen LogP contribution < -0.4 is 14.8 Å². The third kappa shape index (κ3) is 6.77. The van der Waals surface area contributed by atoms with Crippen molar-refractivity contribution in [1.82, 2.24) is 10.2 Å². The molecule has 0 spiro atoms. The van der Waals surface area contributed by atoms with E-state index < -0.39 is 0 Å². The van der Waals surface area contributed by atoms with Crippen LogP contribution in [0.3, 0.4) is 0 Å². The van der Waals surface area contributed by atoms with Crippen molar-refractivity contribution in [2.75, 3.05) is 27.3 Å². The van der Waals surface area contributed by atoms with Gasteiger partial charge in [0.1, 0.15) is 17.2 Å². The number of halogens is 1. The molecule has 2 N–H and O–H groups in total. The van der Waals surface area contributed by atoms with Gasteiger partial charge < -0.3 is 19.9 Å². The van der Waals surface area contributed by atoms with Crippen LogP contribution in [-0.4, -0.2) is 43.2 Å². The largest absolute Gasteiger partial charge is 0.508 e. The second-order valence-corrected chi connectivity index (χ2v) is 8.45. The summed E-state index contributed by atoms with van der Waals surface area (Å²) in [6.45, 7) is 3.01. The van der Waals surface area contributed by atoms with Gasteiger partial charge in [0.25, 0.3) is 0 Å². The van der Waals surface area contributed by atoms with Crippen molar-refractivity contribution in [2.24, 2.45) is 5.92 Å². The number of hydrogen-bond acceptors (Lipinski definition) is 5. The van der Waals surface area contributed by atoms with Gasteiger partial charge in [0.2, 0.25) is 5.91 Å². The summed E-state index contributed by atoms with van der Waals surface area (Å²) >= 11 is 6.07. The fourth-order valence-electron chi connectivity index (χ4n) is 4.07. The monoisotopic (exact) mass is 446 g/mol. The lowest BCUT2D eigenvalue weighted by Gasteiger charge is -2.33. The van der Waals surface area contributed by atoms with Crippen LogP contribution >= 0.6 is 11.6 Å². The number of phenolic OH excluding ortho intramolecular Hbond substituents is 1. The maximum absolute atomic E-state index is 12.4. The van der Waals surface area contributed by atoms with E-state index in [1.54, 1.807) is 26.4 Å². The Morgan fingerprint density at radius 1 is 1.19 bits per heavy atom. The lowest BCUT2D eigenvalue weighted by atomic mass is 9.93. The van der Waals surface area contributed by atoms with E-state index >= 15 is 0 Å². The number of piperidine rings is 1. The third-order valence-corrected chi connectivity index (χ3v) is 6.02. The summed E-state index contributed by atoms with van der Waals surface area (Å²) in [5.41, 5.74) is 1.76. The van der Waals surface area contributed by atoms with Crippen molar-refractivity contribution >= 4 is 17.5 Å². The van der Waals surface area contributed by atoms with E-state index in [0.717, 1.165) is 49.2 Å². The molecule has 0 aromatic heterocycles. The van der Waals surface area contributed by atoms with Crippen molar-refractivity contribution in [3.8, 4) is 17.2 Å². The standard InChI is InChI=1S/C24H31ClN2O4/c1-30-21-8-6-18(23(13-21)31-2)14-26-24(29)10-5-17-4-3-11-27(15-17)16-19-12-20(25)7-9-22(19)28/h6-9,12-13,17,28H,3-5,10-11,14-16H2,1-2H3,(H,26,29). The molecule has 0 saturated carbocycles. The molecule has 3 rings (SSSR count). The number of carbonyl (C=O) groups is 1. The van der Waals surface area contributed by atoms with Crippen LogP contribution in [0.4, 0.5) is 0 Å². The SMILES string of the molecule is COc1ccc(CNC(=O)CCC2CCCN(Cc3cc(Cl)ccc3O)C2)c(OC)c1. The zero-order valence-electron chi connectivity index (χ0n) is 18.2. The Kier molecular flexibility index (Phi) is 8.43. The topological polar surface area (TPSA) is 71.0 Å². The molecule has 168 valence electrons. The first-order chi connectivity index (χ1) is 15.0. The summed E-state index contributed by atoms with van der Waals surface area (Å²) in [5, 5.41) is 13.7. The normalized spacial score (nSPS) is 16.7. The lowest BCUT2D eigenvalue weighted by molar-refractivity contribution is -0.121. The van der Waals surface area contributed by atoms with Crippen LogP contribution in [0, 0.1) is 5.92 Å². The Hall–Kier alpha value is -2.44. The number of phenols is 1. The summed E-state index contributed by atoms with van der Waals surface area (Å²) < 4.78 is 10.6. The molecule has 0 aliphatic carbocycles. The van der Waals surface area contributed by atoms with Crippen LogP contribution in [0.2, 0.25) is 5.02 Å². The lowest BCUT2D eigenvalue weighted by Crippen LogP contribution is -2.35. The summed E-state index contributed by atoms with van der Waals surface area (Å²) in [4.78, 5) is 14.7. The van der Waals surface area contributed by atoms with E-state index in [1.165, 1.54) is 0 Å².